The lowest BCUT2D eigenvalue weighted by molar-refractivity contribution is -0.141. The van der Waals surface area contributed by atoms with Gasteiger partial charge in [-0.2, -0.15) is 0 Å². The molecule has 8 nitrogen and oxygen atoms in total. The van der Waals surface area contributed by atoms with Crippen LogP contribution in [0.2, 0.25) is 0 Å². The second kappa shape index (κ2) is 12.5. The minimum absolute atomic E-state index is 0.00961. The molecule has 3 N–H and O–H groups in total. The summed E-state index contributed by atoms with van der Waals surface area (Å²) in [4.78, 5) is 57.0. The molecule has 1 saturated heterocycles. The molecule has 3 saturated carbocycles. The number of Topliss-reactive ketones (excluding diaryl/α,β-unsaturated/α-hetero) is 1. The molecule has 4 aliphatic carbocycles. The number of likely N-dealkylation sites (tertiary alicyclic amines) is 1. The summed E-state index contributed by atoms with van der Waals surface area (Å²) in [7, 11) is 1.75. The van der Waals surface area contributed by atoms with Crippen LogP contribution in [0.4, 0.5) is 0 Å². The largest absolute Gasteiger partial charge is 0.349 e. The Morgan fingerprint density at radius 1 is 0.905 bits per heavy atom. The Hall–Kier alpha value is -2.74. The number of ketones is 1. The minimum Gasteiger partial charge on any atom is -0.349 e. The molecule has 8 heteroatoms. The number of amides is 3. The number of benzene rings is 1. The highest BCUT2D eigenvalue weighted by atomic mass is 16.2. The summed E-state index contributed by atoms with van der Waals surface area (Å²) < 4.78 is 0. The van der Waals surface area contributed by atoms with Gasteiger partial charge in [0.2, 0.25) is 17.7 Å². The van der Waals surface area contributed by atoms with Crippen LogP contribution >= 0.6 is 0 Å². The summed E-state index contributed by atoms with van der Waals surface area (Å²) >= 11 is 0. The van der Waals surface area contributed by atoms with Crippen molar-refractivity contribution in [2.24, 2.45) is 29.6 Å². The molecule has 6 rings (SSSR count). The van der Waals surface area contributed by atoms with E-state index in [1.54, 1.807) is 14.0 Å². The summed E-state index contributed by atoms with van der Waals surface area (Å²) in [6.45, 7) is 2.35. The fraction of sp³-hybridized carbons (Fsp3) is 0.706. The highest BCUT2D eigenvalue weighted by molar-refractivity contribution is 5.92. The molecule has 42 heavy (non-hydrogen) atoms. The van der Waals surface area contributed by atoms with Gasteiger partial charge in [0.15, 0.2) is 0 Å². The van der Waals surface area contributed by atoms with Crippen LogP contribution in [0.1, 0.15) is 94.7 Å². The minimum atomic E-state index is -0.598. The van der Waals surface area contributed by atoms with E-state index < -0.39 is 18.0 Å². The van der Waals surface area contributed by atoms with Crippen molar-refractivity contribution in [3.05, 3.63) is 35.4 Å². The number of carbonyl (C=O) groups is 4. The third kappa shape index (κ3) is 5.76. The Morgan fingerprint density at radius 2 is 1.67 bits per heavy atom. The molecule has 3 amide bonds. The van der Waals surface area contributed by atoms with Gasteiger partial charge in [-0.1, -0.05) is 43.5 Å². The number of hydrogen-bond acceptors (Lipinski definition) is 5. The van der Waals surface area contributed by atoms with Gasteiger partial charge in [0, 0.05) is 24.4 Å². The molecule has 5 aliphatic rings. The number of rotatable bonds is 9. The monoisotopic (exact) mass is 576 g/mol. The van der Waals surface area contributed by atoms with E-state index in [1.807, 2.05) is 11.0 Å². The second-order valence-electron chi connectivity index (χ2n) is 13.6. The lowest BCUT2D eigenvalue weighted by atomic mass is 9.82. The molecule has 0 spiro atoms. The number of carbonyl (C=O) groups excluding carboxylic acids is 4. The van der Waals surface area contributed by atoms with Crippen LogP contribution in [0.15, 0.2) is 24.3 Å². The zero-order valence-corrected chi connectivity index (χ0v) is 25.3. The standard InChI is InChI=1S/C34H48N4O4/c1-20(35-2)32(40)37-29(22-10-4-3-5-11-22)34(42)38-18-17-25-26(31(39)23-15-16-23)19-27(30(25)38)33(41)36-28-14-8-12-21-9-6-7-13-24(21)28/h6-7,9,13,20,22-23,25-30,35H,3-5,8,10-12,14-19H2,1-2H3,(H,36,41)(H,37,40)/t20-,25-,26?,27-,28+,29-,30-/m0/s1. The molecule has 0 aromatic heterocycles. The summed E-state index contributed by atoms with van der Waals surface area (Å²) in [6, 6.07) is 7.01. The quantitative estimate of drug-likeness (QED) is 0.416. The van der Waals surface area contributed by atoms with Crippen LogP contribution in [-0.4, -0.2) is 60.1 Å². The number of fused-ring (bicyclic) bond motifs is 2. The molecule has 4 fully saturated rings. The van der Waals surface area contributed by atoms with Crippen molar-refractivity contribution in [2.45, 2.75) is 108 Å². The zero-order chi connectivity index (χ0) is 29.4. The van der Waals surface area contributed by atoms with Crippen LogP contribution in [-0.2, 0) is 25.6 Å². The van der Waals surface area contributed by atoms with Crippen molar-refractivity contribution in [3.63, 3.8) is 0 Å². The van der Waals surface area contributed by atoms with E-state index in [4.69, 9.17) is 0 Å². The lowest BCUT2D eigenvalue weighted by Crippen LogP contribution is -2.58. The SMILES string of the molecule is CN[C@@H](C)C(=O)N[C@H](C(=O)N1CC[C@H]2C(C(=O)C3CC3)C[C@H](C(=O)N[C@@H]3CCCc4ccccc43)[C@H]21)C1CCCCC1. The Morgan fingerprint density at radius 3 is 2.40 bits per heavy atom. The number of hydrogen-bond donors (Lipinski definition) is 3. The van der Waals surface area contributed by atoms with E-state index in [0.717, 1.165) is 70.6 Å². The highest BCUT2D eigenvalue weighted by Gasteiger charge is 2.57. The predicted molar refractivity (Wildman–Crippen MR) is 160 cm³/mol. The predicted octanol–water partition coefficient (Wildman–Crippen LogP) is 3.69. The Labute approximate surface area is 250 Å². The first-order valence-electron chi connectivity index (χ1n) is 16.6. The van der Waals surface area contributed by atoms with Crippen LogP contribution in [0, 0.1) is 29.6 Å². The fourth-order valence-corrected chi connectivity index (χ4v) is 8.52. The fourth-order valence-electron chi connectivity index (χ4n) is 8.52. The van der Waals surface area contributed by atoms with Gasteiger partial charge in [0.25, 0.3) is 0 Å². The first kappa shape index (κ1) is 29.3. The van der Waals surface area contributed by atoms with Crippen molar-refractivity contribution in [2.75, 3.05) is 13.6 Å². The first-order valence-corrected chi connectivity index (χ1v) is 16.6. The van der Waals surface area contributed by atoms with E-state index in [1.165, 1.54) is 11.1 Å². The Balaban J connectivity index is 1.26. The van der Waals surface area contributed by atoms with Crippen LogP contribution < -0.4 is 16.0 Å². The van der Waals surface area contributed by atoms with E-state index in [0.29, 0.717) is 18.7 Å². The highest BCUT2D eigenvalue weighted by Crippen LogP contribution is 2.50. The summed E-state index contributed by atoms with van der Waals surface area (Å²) in [6.07, 6.45) is 11.2. The number of likely N-dealkylation sites (N-methyl/N-ethyl adjacent to an activating group) is 1. The Bertz CT molecular complexity index is 1190. The molecule has 0 bridgehead atoms. The molecule has 1 heterocycles. The summed E-state index contributed by atoms with van der Waals surface area (Å²) in [5.74, 6) is -0.308. The Kier molecular flexibility index (Phi) is 8.71. The normalized spacial score (nSPS) is 30.6. The van der Waals surface area contributed by atoms with Crippen molar-refractivity contribution < 1.29 is 19.2 Å². The van der Waals surface area contributed by atoms with E-state index in [9.17, 15) is 19.2 Å². The molecule has 0 radical (unpaired) electrons. The van der Waals surface area contributed by atoms with Crippen molar-refractivity contribution in [1.29, 1.82) is 0 Å². The van der Waals surface area contributed by atoms with Crippen LogP contribution in [0.25, 0.3) is 0 Å². The van der Waals surface area contributed by atoms with Gasteiger partial charge in [0.05, 0.1) is 18.0 Å². The second-order valence-corrected chi connectivity index (χ2v) is 13.6. The number of aryl methyl sites for hydroxylation is 1. The summed E-state index contributed by atoms with van der Waals surface area (Å²) in [5, 5.41) is 9.49. The van der Waals surface area contributed by atoms with Crippen LogP contribution in [0.3, 0.4) is 0 Å². The molecule has 7 atom stereocenters. The van der Waals surface area contributed by atoms with Crippen molar-refractivity contribution in [3.8, 4) is 0 Å². The van der Waals surface area contributed by atoms with E-state index in [-0.39, 0.29) is 53.5 Å². The van der Waals surface area contributed by atoms with Gasteiger partial charge in [-0.3, -0.25) is 19.2 Å². The van der Waals surface area contributed by atoms with Gasteiger partial charge in [-0.05, 0) is 94.7 Å². The number of nitrogens with one attached hydrogen (secondary N) is 3. The zero-order valence-electron chi connectivity index (χ0n) is 25.3. The van der Waals surface area contributed by atoms with Crippen LogP contribution in [0.5, 0.6) is 0 Å². The molecular weight excluding hydrogens is 528 g/mol. The van der Waals surface area contributed by atoms with E-state index in [2.05, 4.69) is 34.1 Å². The molecular formula is C34H48N4O4. The van der Waals surface area contributed by atoms with Gasteiger partial charge in [-0.25, -0.2) is 0 Å². The maximum absolute atomic E-state index is 14.5. The third-order valence-corrected chi connectivity index (χ3v) is 11.1. The molecule has 1 aliphatic heterocycles. The van der Waals surface area contributed by atoms with Gasteiger partial charge in [0.1, 0.15) is 11.8 Å². The molecule has 1 aromatic carbocycles. The molecule has 1 unspecified atom stereocenters. The summed E-state index contributed by atoms with van der Waals surface area (Å²) in [5.41, 5.74) is 2.48. The van der Waals surface area contributed by atoms with Crippen molar-refractivity contribution >= 4 is 23.5 Å². The van der Waals surface area contributed by atoms with Gasteiger partial charge >= 0.3 is 0 Å². The van der Waals surface area contributed by atoms with Crippen molar-refractivity contribution in [1.82, 2.24) is 20.9 Å². The average Bonchev–Trinajstić information content (AvgIpc) is 3.68. The topological polar surface area (TPSA) is 108 Å². The average molecular weight is 577 g/mol. The van der Waals surface area contributed by atoms with Gasteiger partial charge < -0.3 is 20.9 Å². The molecule has 228 valence electrons. The molecule has 1 aromatic rings. The number of nitrogens with zero attached hydrogens (tertiary/aromatic N) is 1. The van der Waals surface area contributed by atoms with E-state index >= 15 is 0 Å². The third-order valence-electron chi connectivity index (χ3n) is 11.1. The lowest BCUT2D eigenvalue weighted by Gasteiger charge is -2.37. The van der Waals surface area contributed by atoms with Gasteiger partial charge in [-0.15, -0.1) is 0 Å². The maximum Gasteiger partial charge on any atom is 0.245 e. The maximum atomic E-state index is 14.5. The smallest absolute Gasteiger partial charge is 0.245 e. The first-order chi connectivity index (χ1) is 20.4.